The van der Waals surface area contributed by atoms with Crippen LogP contribution in [0.25, 0.3) is 0 Å². The summed E-state index contributed by atoms with van der Waals surface area (Å²) in [5, 5.41) is 20.1. The van der Waals surface area contributed by atoms with Gasteiger partial charge in [0.1, 0.15) is 17.3 Å². The Bertz CT molecular complexity index is 1220. The molecule has 1 saturated carbocycles. The van der Waals surface area contributed by atoms with E-state index in [0.717, 1.165) is 44.5 Å². The van der Waals surface area contributed by atoms with Gasteiger partial charge in [0.05, 0.1) is 21.2 Å². The van der Waals surface area contributed by atoms with Gasteiger partial charge in [-0.15, -0.1) is 0 Å². The summed E-state index contributed by atoms with van der Waals surface area (Å²) >= 11 is 5.97. The highest BCUT2D eigenvalue weighted by molar-refractivity contribution is 7.92. The molecule has 0 amide bonds. The van der Waals surface area contributed by atoms with Crippen LogP contribution in [0.1, 0.15) is 84.5 Å². The molecular weight excluding hydrogens is 607 g/mol. The zero-order valence-corrected chi connectivity index (χ0v) is 26.4. The normalized spacial score (nSPS) is 20.0. The van der Waals surface area contributed by atoms with Crippen LogP contribution in [0.3, 0.4) is 0 Å². The standard InChI is InChI=1S/C16H17ClF3NO5S.C14H26N2/c1-3-21-8-11(7-13(21)15(22)23)27(24,25)14-5-4-10(6-12(14)17)26-9(2)16(18,19)20;1-2-3-4-5-6-7-8-9-12-16-14(13-15)10-11-14/h3-6,9,11,13H,1,7-8H2,2H3,(H,22,23);16H,2-12H2,1H3/t9?,11-,13+;/m1./s1. The van der Waals surface area contributed by atoms with Gasteiger partial charge in [-0.3, -0.25) is 5.32 Å². The maximum atomic E-state index is 12.8. The molecule has 3 atom stereocenters. The van der Waals surface area contributed by atoms with E-state index in [4.69, 9.17) is 21.6 Å². The first-order chi connectivity index (χ1) is 20.2. The highest BCUT2D eigenvalue weighted by atomic mass is 35.5. The Morgan fingerprint density at radius 2 is 1.86 bits per heavy atom. The lowest BCUT2D eigenvalue weighted by molar-refractivity contribution is -0.189. The second kappa shape index (κ2) is 16.5. The van der Waals surface area contributed by atoms with Gasteiger partial charge in [-0.1, -0.05) is 70.0 Å². The number of alkyl halides is 3. The lowest BCUT2D eigenvalue weighted by Crippen LogP contribution is -2.31. The number of carboxylic acids is 1. The molecule has 0 spiro atoms. The lowest BCUT2D eigenvalue weighted by atomic mass is 10.1. The molecule has 0 bridgehead atoms. The third-order valence-corrected chi connectivity index (χ3v) is 10.3. The van der Waals surface area contributed by atoms with Crippen LogP contribution in [0, 0.1) is 11.3 Å². The van der Waals surface area contributed by atoms with E-state index in [-0.39, 0.29) is 34.2 Å². The van der Waals surface area contributed by atoms with Gasteiger partial charge in [-0.2, -0.15) is 18.4 Å². The van der Waals surface area contributed by atoms with Gasteiger partial charge in [0, 0.05) is 12.6 Å². The average Bonchev–Trinajstić information content (AvgIpc) is 3.58. The van der Waals surface area contributed by atoms with Crippen molar-refractivity contribution in [2.75, 3.05) is 13.1 Å². The summed E-state index contributed by atoms with van der Waals surface area (Å²) in [5.74, 6) is -1.41. The topological polar surface area (TPSA) is 120 Å². The summed E-state index contributed by atoms with van der Waals surface area (Å²) in [6.07, 6.45) is 7.38. The van der Waals surface area contributed by atoms with Crippen LogP contribution in [0.2, 0.25) is 5.02 Å². The van der Waals surface area contributed by atoms with Crippen LogP contribution in [0.15, 0.2) is 35.9 Å². The molecule has 242 valence electrons. The minimum Gasteiger partial charge on any atom is -0.481 e. The summed E-state index contributed by atoms with van der Waals surface area (Å²) in [7, 11) is -4.01. The molecule has 2 N–H and O–H groups in total. The molecule has 43 heavy (non-hydrogen) atoms. The first kappa shape index (κ1) is 36.7. The fraction of sp³-hybridized carbons (Fsp3) is 0.667. The number of unbranched alkanes of at least 4 members (excludes halogenated alkanes) is 7. The molecular formula is C30H43ClF3N3O5S. The summed E-state index contributed by atoms with van der Waals surface area (Å²) in [6.45, 7) is 7.49. The van der Waals surface area contributed by atoms with Gasteiger partial charge in [0.15, 0.2) is 15.9 Å². The Kier molecular flexibility index (Phi) is 14.1. The molecule has 2 fully saturated rings. The molecule has 13 heteroatoms. The number of rotatable bonds is 16. The van der Waals surface area contributed by atoms with Crippen LogP contribution in [-0.2, 0) is 14.6 Å². The molecule has 3 rings (SSSR count). The van der Waals surface area contributed by atoms with Crippen LogP contribution >= 0.6 is 11.6 Å². The summed E-state index contributed by atoms with van der Waals surface area (Å²) in [5.41, 5.74) is -0.110. The van der Waals surface area contributed by atoms with Crippen LogP contribution < -0.4 is 10.1 Å². The second-order valence-electron chi connectivity index (χ2n) is 11.1. The first-order valence-electron chi connectivity index (χ1n) is 14.7. The minimum atomic E-state index is -4.58. The number of nitrogens with one attached hydrogen (secondary N) is 1. The van der Waals surface area contributed by atoms with Crippen molar-refractivity contribution >= 4 is 27.4 Å². The van der Waals surface area contributed by atoms with Gasteiger partial charge in [0.2, 0.25) is 0 Å². The Morgan fingerprint density at radius 1 is 1.26 bits per heavy atom. The van der Waals surface area contributed by atoms with Gasteiger partial charge < -0.3 is 14.7 Å². The monoisotopic (exact) mass is 649 g/mol. The van der Waals surface area contributed by atoms with Crippen molar-refractivity contribution in [3.8, 4) is 11.8 Å². The van der Waals surface area contributed by atoms with Gasteiger partial charge in [-0.25, -0.2) is 13.2 Å². The number of nitrogens with zero attached hydrogens (tertiary/aromatic N) is 2. The third kappa shape index (κ3) is 11.2. The Morgan fingerprint density at radius 3 is 2.33 bits per heavy atom. The van der Waals surface area contributed by atoms with Crippen molar-refractivity contribution in [3.05, 3.63) is 36.0 Å². The van der Waals surface area contributed by atoms with Crippen LogP contribution in [0.4, 0.5) is 13.2 Å². The lowest BCUT2D eigenvalue weighted by Gasteiger charge is -2.19. The molecule has 1 unspecified atom stereocenters. The largest absolute Gasteiger partial charge is 0.481 e. The second-order valence-corrected chi connectivity index (χ2v) is 13.7. The number of hydrogen-bond donors (Lipinski definition) is 2. The zero-order valence-electron chi connectivity index (χ0n) is 24.8. The molecule has 1 saturated heterocycles. The Hall–Kier alpha value is -2.49. The molecule has 1 aliphatic heterocycles. The molecule has 8 nitrogen and oxygen atoms in total. The van der Waals surface area contributed by atoms with Gasteiger partial charge in [0.25, 0.3) is 0 Å². The quantitative estimate of drug-likeness (QED) is 0.186. The van der Waals surface area contributed by atoms with Crippen molar-refractivity contribution in [1.82, 2.24) is 10.2 Å². The van der Waals surface area contributed by atoms with Crippen LogP contribution in [0.5, 0.6) is 5.75 Å². The zero-order chi connectivity index (χ0) is 32.3. The molecule has 0 radical (unpaired) electrons. The summed E-state index contributed by atoms with van der Waals surface area (Å²) in [4.78, 5) is 12.3. The van der Waals surface area contributed by atoms with Crippen molar-refractivity contribution in [2.45, 2.75) is 118 Å². The van der Waals surface area contributed by atoms with E-state index in [1.165, 1.54) is 62.5 Å². The first-order valence-corrected chi connectivity index (χ1v) is 16.7. The number of sulfone groups is 1. The fourth-order valence-electron chi connectivity index (χ4n) is 4.77. The number of carboxylic acid groups (broad SMARTS) is 1. The number of likely N-dealkylation sites (tertiary alicyclic amines) is 1. The SMILES string of the molecule is C=CN1C[C@H](S(=O)(=O)c2ccc(OC(C)C(F)(F)F)cc2Cl)C[C@H]1C(=O)O.CCCCCCCCCCNC1(C#N)CC1. The smallest absolute Gasteiger partial charge is 0.425 e. The minimum absolute atomic E-state index is 0.0809. The highest BCUT2D eigenvalue weighted by Gasteiger charge is 2.43. The van der Waals surface area contributed by atoms with E-state index < -0.39 is 39.4 Å². The molecule has 2 aliphatic rings. The van der Waals surface area contributed by atoms with Gasteiger partial charge >= 0.3 is 12.1 Å². The molecule has 0 aromatic heterocycles. The maximum absolute atomic E-state index is 12.8. The fourth-order valence-corrected chi connectivity index (χ4v) is 7.01. The number of nitriles is 1. The molecule has 1 aromatic carbocycles. The maximum Gasteiger partial charge on any atom is 0.425 e. The van der Waals surface area contributed by atoms with Crippen molar-refractivity contribution in [1.29, 1.82) is 5.26 Å². The van der Waals surface area contributed by atoms with Crippen molar-refractivity contribution in [3.63, 3.8) is 0 Å². The Balaban J connectivity index is 0.000000344. The summed E-state index contributed by atoms with van der Waals surface area (Å²) in [6, 6.07) is 4.46. The summed E-state index contributed by atoms with van der Waals surface area (Å²) < 4.78 is 68.1. The third-order valence-electron chi connectivity index (χ3n) is 7.70. The van der Waals surface area contributed by atoms with Crippen molar-refractivity contribution < 1.29 is 36.2 Å². The van der Waals surface area contributed by atoms with Crippen molar-refractivity contribution in [2.24, 2.45) is 0 Å². The number of halogens is 4. The predicted molar refractivity (Wildman–Crippen MR) is 160 cm³/mol. The Labute approximate surface area is 258 Å². The van der Waals surface area contributed by atoms with E-state index in [9.17, 15) is 31.5 Å². The number of hydrogen-bond acceptors (Lipinski definition) is 7. The number of carbonyl (C=O) groups is 1. The van der Waals surface area contributed by atoms with Gasteiger partial charge in [-0.05, 0) is 57.5 Å². The predicted octanol–water partition coefficient (Wildman–Crippen LogP) is 6.89. The average molecular weight is 650 g/mol. The molecule has 1 heterocycles. The number of aliphatic carboxylic acids is 1. The van der Waals surface area contributed by atoms with E-state index >= 15 is 0 Å². The molecule has 1 aliphatic carbocycles. The van der Waals surface area contributed by atoms with E-state index in [0.29, 0.717) is 0 Å². The molecule has 1 aromatic rings. The van der Waals surface area contributed by atoms with E-state index in [2.05, 4.69) is 24.9 Å². The van der Waals surface area contributed by atoms with E-state index in [1.54, 1.807) is 0 Å². The number of ether oxygens (including phenoxy) is 1. The van der Waals surface area contributed by atoms with Crippen LogP contribution in [-0.4, -0.2) is 66.6 Å². The highest BCUT2D eigenvalue weighted by Crippen LogP contribution is 2.35. The number of benzene rings is 1. The van der Waals surface area contributed by atoms with E-state index in [1.807, 2.05) is 0 Å².